The van der Waals surface area contributed by atoms with Crippen molar-refractivity contribution in [1.29, 1.82) is 0 Å². The Morgan fingerprint density at radius 1 is 1.20 bits per heavy atom. The van der Waals surface area contributed by atoms with Gasteiger partial charge < -0.3 is 4.57 Å². The third-order valence-electron chi connectivity index (χ3n) is 3.85. The number of aromatic nitrogens is 4. The molecule has 4 nitrogen and oxygen atoms in total. The molecule has 0 aliphatic rings. The van der Waals surface area contributed by atoms with Gasteiger partial charge in [-0.2, -0.15) is 5.10 Å². The Kier molecular flexibility index (Phi) is 4.43. The Morgan fingerprint density at radius 3 is 2.45 bits per heavy atom. The fraction of sp³-hybridized carbons (Fsp3) is 0.733. The number of nitrogens with zero attached hydrogens (tertiary/aromatic N) is 4. The standard InChI is InChI=1S/C15H25ClN4/c1-6-8-11-13-14(19(5)18-11)20(12(10-16)17-13)15(3,4)9-7-2/h6-10H2,1-5H3. The second kappa shape index (κ2) is 5.76. The van der Waals surface area contributed by atoms with E-state index < -0.39 is 0 Å². The Bertz CT molecular complexity index is 595. The molecule has 0 saturated carbocycles. The van der Waals surface area contributed by atoms with Gasteiger partial charge in [-0.1, -0.05) is 26.7 Å². The summed E-state index contributed by atoms with van der Waals surface area (Å²) in [6, 6.07) is 0. The van der Waals surface area contributed by atoms with Gasteiger partial charge in [-0.3, -0.25) is 4.68 Å². The second-order valence-electron chi connectivity index (χ2n) is 6.05. The molecule has 0 radical (unpaired) electrons. The fourth-order valence-electron chi connectivity index (χ4n) is 3.08. The van der Waals surface area contributed by atoms with Gasteiger partial charge in [-0.25, -0.2) is 4.98 Å². The molecule has 0 amide bonds. The Balaban J connectivity index is 2.69. The van der Waals surface area contributed by atoms with Crippen LogP contribution in [0.15, 0.2) is 0 Å². The van der Waals surface area contributed by atoms with E-state index in [1.807, 2.05) is 11.7 Å². The summed E-state index contributed by atoms with van der Waals surface area (Å²) < 4.78 is 4.24. The summed E-state index contributed by atoms with van der Waals surface area (Å²) in [7, 11) is 2.00. The maximum atomic E-state index is 6.14. The summed E-state index contributed by atoms with van der Waals surface area (Å²) >= 11 is 6.14. The maximum Gasteiger partial charge on any atom is 0.159 e. The first-order chi connectivity index (χ1) is 9.46. The van der Waals surface area contributed by atoms with Gasteiger partial charge in [-0.05, 0) is 26.7 Å². The molecule has 0 aliphatic heterocycles. The van der Waals surface area contributed by atoms with Crippen LogP contribution < -0.4 is 0 Å². The van der Waals surface area contributed by atoms with Crippen LogP contribution in [-0.4, -0.2) is 19.3 Å². The highest BCUT2D eigenvalue weighted by atomic mass is 35.5. The Labute approximate surface area is 126 Å². The van der Waals surface area contributed by atoms with Crippen LogP contribution in [-0.2, 0) is 24.9 Å². The van der Waals surface area contributed by atoms with Gasteiger partial charge in [0.1, 0.15) is 11.3 Å². The number of aryl methyl sites for hydroxylation is 2. The van der Waals surface area contributed by atoms with Crippen LogP contribution >= 0.6 is 11.6 Å². The first-order valence-electron chi connectivity index (χ1n) is 7.45. The van der Waals surface area contributed by atoms with Crippen molar-refractivity contribution in [3.63, 3.8) is 0 Å². The third-order valence-corrected chi connectivity index (χ3v) is 4.09. The smallest absolute Gasteiger partial charge is 0.159 e. The molecule has 5 heteroatoms. The van der Waals surface area contributed by atoms with Crippen molar-refractivity contribution in [2.75, 3.05) is 0 Å². The normalized spacial score (nSPS) is 12.5. The van der Waals surface area contributed by atoms with E-state index in [0.717, 1.165) is 48.4 Å². The van der Waals surface area contributed by atoms with Crippen molar-refractivity contribution in [2.24, 2.45) is 7.05 Å². The monoisotopic (exact) mass is 296 g/mol. The fourth-order valence-corrected chi connectivity index (χ4v) is 3.26. The van der Waals surface area contributed by atoms with Gasteiger partial charge in [-0.15, -0.1) is 11.6 Å². The number of halogens is 1. The van der Waals surface area contributed by atoms with Crippen molar-refractivity contribution in [2.45, 2.75) is 64.8 Å². The average molecular weight is 297 g/mol. The van der Waals surface area contributed by atoms with Gasteiger partial charge in [0.25, 0.3) is 0 Å². The minimum Gasteiger partial charge on any atom is -0.306 e. The molecule has 2 aromatic rings. The largest absolute Gasteiger partial charge is 0.306 e. The van der Waals surface area contributed by atoms with E-state index in [4.69, 9.17) is 16.6 Å². The molecule has 112 valence electrons. The van der Waals surface area contributed by atoms with Gasteiger partial charge >= 0.3 is 0 Å². The molecule has 20 heavy (non-hydrogen) atoms. The van der Waals surface area contributed by atoms with Crippen LogP contribution in [0.4, 0.5) is 0 Å². The summed E-state index contributed by atoms with van der Waals surface area (Å²) in [6.07, 6.45) is 4.27. The van der Waals surface area contributed by atoms with E-state index in [0.29, 0.717) is 5.88 Å². The van der Waals surface area contributed by atoms with Gasteiger partial charge in [0.15, 0.2) is 5.65 Å². The lowest BCUT2D eigenvalue weighted by Gasteiger charge is -2.28. The van der Waals surface area contributed by atoms with Crippen LogP contribution in [0, 0.1) is 0 Å². The first-order valence-corrected chi connectivity index (χ1v) is 7.99. The highest BCUT2D eigenvalue weighted by Gasteiger charge is 2.28. The molecule has 2 heterocycles. The molecular formula is C15H25ClN4. The van der Waals surface area contributed by atoms with Crippen LogP contribution in [0.5, 0.6) is 0 Å². The zero-order valence-corrected chi connectivity index (χ0v) is 14.0. The number of hydrogen-bond donors (Lipinski definition) is 0. The van der Waals surface area contributed by atoms with Crippen molar-refractivity contribution in [3.05, 3.63) is 11.5 Å². The number of rotatable bonds is 6. The van der Waals surface area contributed by atoms with Gasteiger partial charge in [0.2, 0.25) is 0 Å². The number of hydrogen-bond acceptors (Lipinski definition) is 2. The van der Waals surface area contributed by atoms with E-state index in [1.165, 1.54) is 0 Å². The number of fused-ring (bicyclic) bond motifs is 1. The zero-order valence-electron chi connectivity index (χ0n) is 13.2. The summed E-state index contributed by atoms with van der Waals surface area (Å²) in [6.45, 7) is 8.88. The quantitative estimate of drug-likeness (QED) is 0.755. The Morgan fingerprint density at radius 2 is 1.90 bits per heavy atom. The second-order valence-corrected chi connectivity index (χ2v) is 6.32. The van der Waals surface area contributed by atoms with Crippen molar-refractivity contribution in [1.82, 2.24) is 19.3 Å². The zero-order chi connectivity index (χ0) is 14.9. The van der Waals surface area contributed by atoms with Crippen LogP contribution in [0.1, 0.15) is 58.5 Å². The highest BCUT2D eigenvalue weighted by molar-refractivity contribution is 6.16. The molecule has 0 saturated heterocycles. The lowest BCUT2D eigenvalue weighted by atomic mass is 9.98. The minimum absolute atomic E-state index is 0.00496. The molecule has 0 N–H and O–H groups in total. The van der Waals surface area contributed by atoms with Crippen LogP contribution in [0.2, 0.25) is 0 Å². The summed E-state index contributed by atoms with van der Waals surface area (Å²) in [5.41, 5.74) is 3.21. The maximum absolute atomic E-state index is 6.14. The number of imidazole rings is 1. The van der Waals surface area contributed by atoms with Crippen LogP contribution in [0.25, 0.3) is 11.2 Å². The molecular weight excluding hydrogens is 272 g/mol. The number of alkyl halides is 1. The molecule has 0 aromatic carbocycles. The van der Waals surface area contributed by atoms with Crippen molar-refractivity contribution >= 4 is 22.8 Å². The molecule has 0 bridgehead atoms. The van der Waals surface area contributed by atoms with E-state index in [1.54, 1.807) is 0 Å². The van der Waals surface area contributed by atoms with Crippen molar-refractivity contribution < 1.29 is 0 Å². The van der Waals surface area contributed by atoms with Gasteiger partial charge in [0.05, 0.1) is 11.6 Å². The minimum atomic E-state index is 0.00496. The molecule has 0 spiro atoms. The predicted octanol–water partition coefficient (Wildman–Crippen LogP) is 4.00. The predicted molar refractivity (Wildman–Crippen MR) is 84.3 cm³/mol. The van der Waals surface area contributed by atoms with E-state index in [-0.39, 0.29) is 5.54 Å². The van der Waals surface area contributed by atoms with Crippen LogP contribution in [0.3, 0.4) is 0 Å². The Hall–Kier alpha value is -1.03. The molecule has 0 fully saturated rings. The molecule has 0 unspecified atom stereocenters. The SMILES string of the molecule is CCCc1nn(C)c2c1nc(CCl)n2C(C)(C)CCC. The summed E-state index contributed by atoms with van der Waals surface area (Å²) in [5.74, 6) is 1.39. The van der Waals surface area contributed by atoms with E-state index in [9.17, 15) is 0 Å². The molecule has 0 aliphatic carbocycles. The van der Waals surface area contributed by atoms with E-state index >= 15 is 0 Å². The molecule has 2 aromatic heterocycles. The highest BCUT2D eigenvalue weighted by Crippen LogP contribution is 2.31. The van der Waals surface area contributed by atoms with Gasteiger partial charge in [0, 0.05) is 12.6 Å². The van der Waals surface area contributed by atoms with Crippen molar-refractivity contribution in [3.8, 4) is 0 Å². The summed E-state index contributed by atoms with van der Waals surface area (Å²) in [5, 5.41) is 4.64. The first kappa shape index (κ1) is 15.4. The molecule has 2 rings (SSSR count). The molecule has 0 atom stereocenters. The topological polar surface area (TPSA) is 35.6 Å². The third kappa shape index (κ3) is 2.46. The average Bonchev–Trinajstić information content (AvgIpc) is 2.89. The summed E-state index contributed by atoms with van der Waals surface area (Å²) in [4.78, 5) is 4.77. The lowest BCUT2D eigenvalue weighted by molar-refractivity contribution is 0.322. The lowest BCUT2D eigenvalue weighted by Crippen LogP contribution is -2.28. The van der Waals surface area contributed by atoms with E-state index in [2.05, 4.69) is 37.4 Å².